The zero-order chi connectivity index (χ0) is 12.1. The van der Waals surface area contributed by atoms with Crippen LogP contribution in [0.15, 0.2) is 0 Å². The Morgan fingerprint density at radius 2 is 2.00 bits per heavy atom. The van der Waals surface area contributed by atoms with Gasteiger partial charge >= 0.3 is 0 Å². The average molecular weight is 224 g/mol. The third kappa shape index (κ3) is 3.00. The van der Waals surface area contributed by atoms with Crippen LogP contribution < -0.4 is 0 Å². The number of hydrogen-bond donors (Lipinski definition) is 1. The lowest BCUT2D eigenvalue weighted by molar-refractivity contribution is 0.387. The van der Waals surface area contributed by atoms with E-state index in [9.17, 15) is 5.11 Å². The van der Waals surface area contributed by atoms with Gasteiger partial charge in [-0.25, -0.2) is 4.68 Å². The van der Waals surface area contributed by atoms with Crippen molar-refractivity contribution in [1.82, 2.24) is 9.78 Å². The van der Waals surface area contributed by atoms with Crippen LogP contribution in [0.5, 0.6) is 5.88 Å². The first-order valence-corrected chi connectivity index (χ1v) is 6.37. The van der Waals surface area contributed by atoms with Crippen molar-refractivity contribution in [1.29, 1.82) is 0 Å². The second-order valence-corrected chi connectivity index (χ2v) is 4.78. The fourth-order valence-corrected chi connectivity index (χ4v) is 1.90. The van der Waals surface area contributed by atoms with E-state index in [0.717, 1.165) is 43.5 Å². The summed E-state index contributed by atoms with van der Waals surface area (Å²) in [6, 6.07) is 0. The molecule has 1 heterocycles. The minimum Gasteiger partial charge on any atom is -0.493 e. The summed E-state index contributed by atoms with van der Waals surface area (Å²) >= 11 is 0. The monoisotopic (exact) mass is 224 g/mol. The molecule has 1 rings (SSSR count). The fourth-order valence-electron chi connectivity index (χ4n) is 1.90. The maximum atomic E-state index is 10.1. The molecule has 0 aliphatic carbocycles. The predicted molar refractivity (Wildman–Crippen MR) is 66.7 cm³/mol. The summed E-state index contributed by atoms with van der Waals surface area (Å²) in [7, 11) is 0. The molecule has 0 fully saturated rings. The molecule has 3 heteroatoms. The first kappa shape index (κ1) is 13.1. The van der Waals surface area contributed by atoms with Crippen molar-refractivity contribution in [3.05, 3.63) is 11.3 Å². The average Bonchev–Trinajstić information content (AvgIpc) is 2.53. The van der Waals surface area contributed by atoms with Gasteiger partial charge in [-0.3, -0.25) is 0 Å². The number of unbranched alkanes of at least 4 members (excludes halogenated alkanes) is 1. The normalized spacial score (nSPS) is 11.3. The van der Waals surface area contributed by atoms with E-state index in [1.54, 1.807) is 4.68 Å². The second kappa shape index (κ2) is 5.92. The summed E-state index contributed by atoms with van der Waals surface area (Å²) in [5.41, 5.74) is 2.11. The van der Waals surface area contributed by atoms with Gasteiger partial charge in [0.25, 0.3) is 0 Å². The van der Waals surface area contributed by atoms with Crippen LogP contribution >= 0.6 is 0 Å². The number of hydrogen-bond acceptors (Lipinski definition) is 2. The molecule has 0 saturated heterocycles. The third-order valence-corrected chi connectivity index (χ3v) is 2.77. The Labute approximate surface area is 98.5 Å². The van der Waals surface area contributed by atoms with Gasteiger partial charge < -0.3 is 5.11 Å². The first-order chi connectivity index (χ1) is 7.60. The predicted octanol–water partition coefficient (Wildman–Crippen LogP) is 3.15. The number of aryl methyl sites for hydroxylation is 2. The Morgan fingerprint density at radius 3 is 2.50 bits per heavy atom. The zero-order valence-electron chi connectivity index (χ0n) is 11.0. The molecule has 0 aromatic carbocycles. The van der Waals surface area contributed by atoms with Gasteiger partial charge in [-0.2, -0.15) is 5.10 Å². The van der Waals surface area contributed by atoms with Gasteiger partial charge in [-0.15, -0.1) is 0 Å². The summed E-state index contributed by atoms with van der Waals surface area (Å²) in [5.74, 6) is 0.944. The van der Waals surface area contributed by atoms with Gasteiger partial charge in [0.05, 0.1) is 5.69 Å². The van der Waals surface area contributed by atoms with Crippen LogP contribution in [-0.4, -0.2) is 14.9 Å². The summed E-state index contributed by atoms with van der Waals surface area (Å²) in [6.07, 6.45) is 4.01. The van der Waals surface area contributed by atoms with Crippen molar-refractivity contribution in [3.8, 4) is 5.88 Å². The Hall–Kier alpha value is -0.990. The molecule has 0 spiro atoms. The molecule has 0 radical (unpaired) electrons. The quantitative estimate of drug-likeness (QED) is 0.806. The van der Waals surface area contributed by atoms with Gasteiger partial charge in [0.15, 0.2) is 0 Å². The van der Waals surface area contributed by atoms with E-state index >= 15 is 0 Å². The molecule has 0 amide bonds. The second-order valence-electron chi connectivity index (χ2n) is 4.78. The van der Waals surface area contributed by atoms with E-state index < -0.39 is 0 Å². The van der Waals surface area contributed by atoms with Crippen LogP contribution in [0.4, 0.5) is 0 Å². The summed E-state index contributed by atoms with van der Waals surface area (Å²) in [5, 5.41) is 14.6. The molecular formula is C13H24N2O. The Kier molecular flexibility index (Phi) is 4.84. The third-order valence-electron chi connectivity index (χ3n) is 2.77. The number of nitrogens with zero attached hydrogens (tertiary/aromatic N) is 2. The molecule has 1 aromatic heterocycles. The molecule has 0 aliphatic rings. The molecule has 0 aliphatic heterocycles. The summed E-state index contributed by atoms with van der Waals surface area (Å²) in [4.78, 5) is 0. The minimum absolute atomic E-state index is 0.388. The van der Waals surface area contributed by atoms with Gasteiger partial charge in [-0.05, 0) is 25.2 Å². The van der Waals surface area contributed by atoms with Gasteiger partial charge in [0, 0.05) is 12.1 Å². The smallest absolute Gasteiger partial charge is 0.212 e. The maximum Gasteiger partial charge on any atom is 0.212 e. The van der Waals surface area contributed by atoms with Crippen LogP contribution in [0, 0.1) is 5.92 Å². The largest absolute Gasteiger partial charge is 0.493 e. The standard InChI is InChI=1S/C13H24N2O/c1-5-7-8-15-13(16)11(9-10(3)4)12(6-2)14-15/h10,16H,5-9H2,1-4H3. The highest BCUT2D eigenvalue weighted by molar-refractivity contribution is 5.31. The maximum absolute atomic E-state index is 10.1. The Bertz CT molecular complexity index is 329. The van der Waals surface area contributed by atoms with Crippen LogP contribution in [0.25, 0.3) is 0 Å². The molecule has 1 N–H and O–H groups in total. The number of aromatic hydroxyl groups is 1. The Morgan fingerprint density at radius 1 is 1.31 bits per heavy atom. The highest BCUT2D eigenvalue weighted by Crippen LogP contribution is 2.25. The van der Waals surface area contributed by atoms with Crippen LogP contribution in [0.1, 0.15) is 51.8 Å². The van der Waals surface area contributed by atoms with Crippen molar-refractivity contribution < 1.29 is 5.11 Å². The van der Waals surface area contributed by atoms with E-state index in [-0.39, 0.29) is 0 Å². The van der Waals surface area contributed by atoms with Crippen molar-refractivity contribution in [2.45, 2.75) is 59.9 Å². The molecule has 0 bridgehead atoms. The summed E-state index contributed by atoms with van der Waals surface area (Å²) < 4.78 is 1.76. The van der Waals surface area contributed by atoms with E-state index in [2.05, 4.69) is 32.8 Å². The lowest BCUT2D eigenvalue weighted by Gasteiger charge is -2.05. The topological polar surface area (TPSA) is 38.0 Å². The SMILES string of the molecule is CCCCn1nc(CC)c(CC(C)C)c1O. The Balaban J connectivity index is 2.91. The highest BCUT2D eigenvalue weighted by Gasteiger charge is 2.16. The van der Waals surface area contributed by atoms with E-state index in [0.29, 0.717) is 11.8 Å². The van der Waals surface area contributed by atoms with Crippen molar-refractivity contribution >= 4 is 0 Å². The molecular weight excluding hydrogens is 200 g/mol. The van der Waals surface area contributed by atoms with E-state index in [1.165, 1.54) is 0 Å². The molecule has 92 valence electrons. The van der Waals surface area contributed by atoms with Crippen LogP contribution in [0.2, 0.25) is 0 Å². The first-order valence-electron chi connectivity index (χ1n) is 6.37. The van der Waals surface area contributed by atoms with Crippen molar-refractivity contribution in [3.63, 3.8) is 0 Å². The number of rotatable bonds is 6. The minimum atomic E-state index is 0.388. The molecule has 16 heavy (non-hydrogen) atoms. The lowest BCUT2D eigenvalue weighted by Crippen LogP contribution is -1.99. The van der Waals surface area contributed by atoms with E-state index in [1.807, 2.05) is 0 Å². The van der Waals surface area contributed by atoms with Crippen LogP contribution in [-0.2, 0) is 19.4 Å². The van der Waals surface area contributed by atoms with Gasteiger partial charge in [0.2, 0.25) is 5.88 Å². The lowest BCUT2D eigenvalue weighted by atomic mass is 10.0. The fraction of sp³-hybridized carbons (Fsp3) is 0.769. The van der Waals surface area contributed by atoms with Crippen molar-refractivity contribution in [2.75, 3.05) is 0 Å². The molecule has 0 atom stereocenters. The zero-order valence-corrected chi connectivity index (χ0v) is 11.0. The molecule has 0 saturated carbocycles. The summed E-state index contributed by atoms with van der Waals surface area (Å²) in [6.45, 7) is 9.41. The molecule has 3 nitrogen and oxygen atoms in total. The molecule has 0 unspecified atom stereocenters. The van der Waals surface area contributed by atoms with Gasteiger partial charge in [0.1, 0.15) is 0 Å². The highest BCUT2D eigenvalue weighted by atomic mass is 16.3. The van der Waals surface area contributed by atoms with E-state index in [4.69, 9.17) is 0 Å². The molecule has 1 aromatic rings. The van der Waals surface area contributed by atoms with Crippen LogP contribution in [0.3, 0.4) is 0 Å². The number of aromatic nitrogens is 2. The van der Waals surface area contributed by atoms with Gasteiger partial charge in [-0.1, -0.05) is 34.1 Å². The van der Waals surface area contributed by atoms with Crippen molar-refractivity contribution in [2.24, 2.45) is 5.92 Å².